The van der Waals surface area contributed by atoms with Crippen LogP contribution in [0.3, 0.4) is 0 Å². The van der Waals surface area contributed by atoms with E-state index in [9.17, 15) is 9.90 Å². The fourth-order valence-electron chi connectivity index (χ4n) is 1.10. The van der Waals surface area contributed by atoms with Crippen LogP contribution in [-0.2, 0) is 10.3 Å². The summed E-state index contributed by atoms with van der Waals surface area (Å²) in [5.41, 5.74) is -0.0558. The Hall–Kier alpha value is -1.42. The molecular formula is C11H15NO3. The Morgan fingerprint density at radius 2 is 2.20 bits per heavy atom. The van der Waals surface area contributed by atoms with E-state index in [1.165, 1.54) is 12.4 Å². The highest BCUT2D eigenvalue weighted by atomic mass is 16.5. The highest BCUT2D eigenvalue weighted by Crippen LogP contribution is 2.19. The zero-order valence-electron chi connectivity index (χ0n) is 9.15. The summed E-state index contributed by atoms with van der Waals surface area (Å²) in [7, 11) is 0. The van der Waals surface area contributed by atoms with Crippen molar-refractivity contribution < 1.29 is 14.6 Å². The van der Waals surface area contributed by atoms with Gasteiger partial charge in [-0.3, -0.25) is 4.98 Å². The second-order valence-corrected chi connectivity index (χ2v) is 3.74. The molecular weight excluding hydrogens is 194 g/mol. The summed E-state index contributed by atoms with van der Waals surface area (Å²) >= 11 is 0. The summed E-state index contributed by atoms with van der Waals surface area (Å²) in [5, 5.41) is 9.73. The minimum atomic E-state index is -1.00. The standard InChI is InChI=1S/C11H15NO3/c1-4-15-10(13)8-5-9(7-12-6-8)11(2,3)14/h5-7,14H,4H2,1-3H3. The number of aliphatic hydroxyl groups is 1. The summed E-state index contributed by atoms with van der Waals surface area (Å²) in [5.74, 6) is -0.420. The molecule has 0 spiro atoms. The minimum absolute atomic E-state index is 0.325. The molecule has 1 aromatic heterocycles. The fourth-order valence-corrected chi connectivity index (χ4v) is 1.10. The first kappa shape index (κ1) is 11.7. The van der Waals surface area contributed by atoms with Crippen molar-refractivity contribution in [1.82, 2.24) is 4.98 Å². The topological polar surface area (TPSA) is 59.4 Å². The van der Waals surface area contributed by atoms with Crippen molar-refractivity contribution in [3.05, 3.63) is 29.6 Å². The van der Waals surface area contributed by atoms with Crippen LogP contribution < -0.4 is 0 Å². The second-order valence-electron chi connectivity index (χ2n) is 3.74. The van der Waals surface area contributed by atoms with Crippen LogP contribution in [0.5, 0.6) is 0 Å². The molecule has 1 N–H and O–H groups in total. The summed E-state index contributed by atoms with van der Waals surface area (Å²) < 4.78 is 4.84. The molecule has 0 bridgehead atoms. The van der Waals surface area contributed by atoms with Crippen molar-refractivity contribution in [3.8, 4) is 0 Å². The van der Waals surface area contributed by atoms with Gasteiger partial charge < -0.3 is 9.84 Å². The van der Waals surface area contributed by atoms with E-state index in [0.717, 1.165) is 0 Å². The predicted octanol–water partition coefficient (Wildman–Crippen LogP) is 1.49. The third-order valence-electron chi connectivity index (χ3n) is 1.96. The van der Waals surface area contributed by atoms with Crippen LogP contribution >= 0.6 is 0 Å². The van der Waals surface area contributed by atoms with Crippen molar-refractivity contribution in [1.29, 1.82) is 0 Å². The van der Waals surface area contributed by atoms with Gasteiger partial charge >= 0.3 is 5.97 Å². The molecule has 0 aromatic carbocycles. The molecule has 0 saturated carbocycles. The zero-order valence-corrected chi connectivity index (χ0v) is 9.15. The number of esters is 1. The molecule has 0 aliphatic rings. The first-order chi connectivity index (χ1) is 6.95. The molecule has 1 rings (SSSR count). The van der Waals surface area contributed by atoms with Crippen LogP contribution in [0, 0.1) is 0 Å². The van der Waals surface area contributed by atoms with Gasteiger partial charge in [-0.05, 0) is 26.8 Å². The predicted molar refractivity (Wildman–Crippen MR) is 55.4 cm³/mol. The van der Waals surface area contributed by atoms with E-state index >= 15 is 0 Å². The molecule has 1 heterocycles. The molecule has 0 amide bonds. The SMILES string of the molecule is CCOC(=O)c1cncc(C(C)(C)O)c1. The molecule has 15 heavy (non-hydrogen) atoms. The van der Waals surface area contributed by atoms with Gasteiger partial charge in [-0.15, -0.1) is 0 Å². The average molecular weight is 209 g/mol. The van der Waals surface area contributed by atoms with E-state index in [-0.39, 0.29) is 0 Å². The summed E-state index contributed by atoms with van der Waals surface area (Å²) in [4.78, 5) is 15.3. The van der Waals surface area contributed by atoms with Gasteiger partial charge in [0, 0.05) is 18.0 Å². The molecule has 1 aromatic rings. The molecule has 4 heteroatoms. The number of pyridine rings is 1. The van der Waals surface area contributed by atoms with Crippen LogP contribution in [0.25, 0.3) is 0 Å². The summed E-state index contributed by atoms with van der Waals surface area (Å²) in [6.07, 6.45) is 2.95. The lowest BCUT2D eigenvalue weighted by Gasteiger charge is -2.17. The first-order valence-electron chi connectivity index (χ1n) is 4.80. The lowest BCUT2D eigenvalue weighted by molar-refractivity contribution is 0.0524. The number of carbonyl (C=O) groups excluding carboxylic acids is 1. The van der Waals surface area contributed by atoms with E-state index in [2.05, 4.69) is 4.98 Å². The smallest absolute Gasteiger partial charge is 0.339 e. The van der Waals surface area contributed by atoms with Gasteiger partial charge in [0.1, 0.15) is 0 Å². The molecule has 82 valence electrons. The second kappa shape index (κ2) is 4.40. The minimum Gasteiger partial charge on any atom is -0.462 e. The molecule has 0 fully saturated rings. The van der Waals surface area contributed by atoms with E-state index in [1.54, 1.807) is 26.8 Å². The number of hydrogen-bond donors (Lipinski definition) is 1. The van der Waals surface area contributed by atoms with Crippen LogP contribution in [0.1, 0.15) is 36.7 Å². The van der Waals surface area contributed by atoms with Gasteiger partial charge in [0.25, 0.3) is 0 Å². The Morgan fingerprint density at radius 1 is 1.53 bits per heavy atom. The molecule has 0 aliphatic heterocycles. The maximum absolute atomic E-state index is 11.4. The molecule has 0 radical (unpaired) electrons. The Balaban J connectivity index is 2.98. The van der Waals surface area contributed by atoms with Crippen molar-refractivity contribution in [2.45, 2.75) is 26.4 Å². The van der Waals surface area contributed by atoms with Crippen LogP contribution in [0.4, 0.5) is 0 Å². The molecule has 0 unspecified atom stereocenters. The number of rotatable bonds is 3. The van der Waals surface area contributed by atoms with Crippen LogP contribution in [-0.4, -0.2) is 22.7 Å². The van der Waals surface area contributed by atoms with Gasteiger partial charge in [-0.2, -0.15) is 0 Å². The Morgan fingerprint density at radius 3 is 2.73 bits per heavy atom. The van der Waals surface area contributed by atoms with Gasteiger partial charge in [-0.25, -0.2) is 4.79 Å². The number of nitrogens with zero attached hydrogens (tertiary/aromatic N) is 1. The number of hydrogen-bond acceptors (Lipinski definition) is 4. The summed E-state index contributed by atoms with van der Waals surface area (Å²) in [6.45, 7) is 5.34. The molecule has 0 aliphatic carbocycles. The molecule has 0 saturated heterocycles. The Labute approximate surface area is 88.9 Å². The van der Waals surface area contributed by atoms with Crippen molar-refractivity contribution in [2.75, 3.05) is 6.61 Å². The van der Waals surface area contributed by atoms with Gasteiger partial charge in [0.05, 0.1) is 17.8 Å². The lowest BCUT2D eigenvalue weighted by Crippen LogP contribution is -2.17. The summed E-state index contributed by atoms with van der Waals surface area (Å²) in [6, 6.07) is 1.59. The normalized spacial score (nSPS) is 11.2. The largest absolute Gasteiger partial charge is 0.462 e. The Kier molecular flexibility index (Phi) is 3.42. The average Bonchev–Trinajstić information content (AvgIpc) is 2.17. The monoisotopic (exact) mass is 209 g/mol. The quantitative estimate of drug-likeness (QED) is 0.766. The van der Waals surface area contributed by atoms with Crippen molar-refractivity contribution in [3.63, 3.8) is 0 Å². The van der Waals surface area contributed by atoms with Gasteiger partial charge in [-0.1, -0.05) is 0 Å². The lowest BCUT2D eigenvalue weighted by atomic mass is 9.99. The van der Waals surface area contributed by atoms with Gasteiger partial charge in [0.15, 0.2) is 0 Å². The van der Waals surface area contributed by atoms with Crippen LogP contribution in [0.15, 0.2) is 18.5 Å². The third-order valence-corrected chi connectivity index (χ3v) is 1.96. The number of carbonyl (C=O) groups is 1. The molecule has 0 atom stereocenters. The van der Waals surface area contributed by atoms with Gasteiger partial charge in [0.2, 0.25) is 0 Å². The van der Waals surface area contributed by atoms with Crippen LogP contribution in [0.2, 0.25) is 0 Å². The van der Waals surface area contributed by atoms with Crippen molar-refractivity contribution in [2.24, 2.45) is 0 Å². The highest BCUT2D eigenvalue weighted by molar-refractivity contribution is 5.89. The first-order valence-corrected chi connectivity index (χ1v) is 4.80. The van der Waals surface area contributed by atoms with E-state index in [0.29, 0.717) is 17.7 Å². The number of aromatic nitrogens is 1. The fraction of sp³-hybridized carbons (Fsp3) is 0.455. The Bertz CT molecular complexity index is 355. The third kappa shape index (κ3) is 3.02. The maximum Gasteiger partial charge on any atom is 0.339 e. The maximum atomic E-state index is 11.4. The highest BCUT2D eigenvalue weighted by Gasteiger charge is 2.18. The van der Waals surface area contributed by atoms with E-state index < -0.39 is 11.6 Å². The zero-order chi connectivity index (χ0) is 11.5. The van der Waals surface area contributed by atoms with Crippen molar-refractivity contribution >= 4 is 5.97 Å². The van der Waals surface area contributed by atoms with E-state index in [1.807, 2.05) is 0 Å². The number of ether oxygens (including phenoxy) is 1. The molecule has 4 nitrogen and oxygen atoms in total. The van der Waals surface area contributed by atoms with E-state index in [4.69, 9.17) is 4.74 Å².